The van der Waals surface area contributed by atoms with Crippen LogP contribution in [0.15, 0.2) is 156 Å². The van der Waals surface area contributed by atoms with Gasteiger partial charge >= 0.3 is 11.9 Å². The molecule has 8 nitrogen and oxygen atoms in total. The van der Waals surface area contributed by atoms with Crippen molar-refractivity contribution in [2.45, 2.75) is 37.5 Å². The van der Waals surface area contributed by atoms with Crippen molar-refractivity contribution in [2.75, 3.05) is 6.61 Å². The van der Waals surface area contributed by atoms with Gasteiger partial charge in [-0.1, -0.05) is 98.3 Å². The number of esters is 2. The van der Waals surface area contributed by atoms with Crippen LogP contribution >= 0.6 is 0 Å². The predicted octanol–water partition coefficient (Wildman–Crippen LogP) is 7.42. The highest BCUT2D eigenvalue weighted by Crippen LogP contribution is 2.48. The summed E-state index contributed by atoms with van der Waals surface area (Å²) in [6.45, 7) is 2.18. The van der Waals surface area contributed by atoms with E-state index in [-0.39, 0.29) is 18.1 Å². The standard InChI is InChI=1S/C40H36N2O6/c1-2-3-13-32-26-35(29-14-7-4-8-15-29)40(28-46-42-25-24-37(43)41-42,27-36(32)48-39(45)31-18-11-6-12-19-31)33-20-22-34(23-21-33)47-38(44)30-16-9-5-10-17-30/h4-12,14-27,35H,2-3,13,28H2,1H3,(H,41,43). The molecule has 1 N–H and O–H groups in total. The number of unbranched alkanes of at least 4 members (excludes halogenated alkanes) is 1. The summed E-state index contributed by atoms with van der Waals surface area (Å²) in [6.07, 6.45) is 8.25. The Bertz CT molecular complexity index is 1960. The molecule has 0 aliphatic heterocycles. The number of benzene rings is 4. The maximum atomic E-state index is 13.5. The molecule has 2 atom stereocenters. The van der Waals surface area contributed by atoms with Crippen LogP contribution in [0.2, 0.25) is 0 Å². The number of aromatic amines is 1. The first kappa shape index (κ1) is 32.1. The number of carbonyl (C=O) groups is 2. The third-order valence-corrected chi connectivity index (χ3v) is 8.43. The van der Waals surface area contributed by atoms with Crippen LogP contribution in [0.25, 0.3) is 0 Å². The van der Waals surface area contributed by atoms with E-state index in [9.17, 15) is 14.4 Å². The number of rotatable bonds is 12. The largest absolute Gasteiger partial charge is 0.423 e. The average molecular weight is 641 g/mol. The van der Waals surface area contributed by atoms with Crippen molar-refractivity contribution >= 4 is 11.9 Å². The number of nitrogens with one attached hydrogen (secondary N) is 1. The normalized spacial score (nSPS) is 17.1. The number of allylic oxidation sites excluding steroid dienone is 2. The number of nitrogens with zero attached hydrogens (tertiary/aromatic N) is 1. The quantitative estimate of drug-likeness (QED) is 0.113. The first-order chi connectivity index (χ1) is 23.4. The van der Waals surface area contributed by atoms with Crippen LogP contribution in [0, 0.1) is 0 Å². The fourth-order valence-corrected chi connectivity index (χ4v) is 5.93. The zero-order chi connectivity index (χ0) is 33.3. The molecule has 1 aromatic heterocycles. The molecule has 0 fully saturated rings. The van der Waals surface area contributed by atoms with Crippen molar-refractivity contribution in [3.8, 4) is 5.75 Å². The molecule has 48 heavy (non-hydrogen) atoms. The topological polar surface area (TPSA) is 99.6 Å². The van der Waals surface area contributed by atoms with Gasteiger partial charge < -0.3 is 14.3 Å². The third kappa shape index (κ3) is 7.23. The number of ether oxygens (including phenoxy) is 2. The Hall–Kier alpha value is -5.89. The van der Waals surface area contributed by atoms with Crippen LogP contribution in [0.5, 0.6) is 5.75 Å². The highest BCUT2D eigenvalue weighted by Gasteiger charge is 2.44. The van der Waals surface area contributed by atoms with Crippen LogP contribution in [0.1, 0.15) is 63.9 Å². The molecule has 1 heterocycles. The molecule has 0 saturated heterocycles. The summed E-state index contributed by atoms with van der Waals surface area (Å²) in [7, 11) is 0. The van der Waals surface area contributed by atoms with Gasteiger partial charge in [-0.25, -0.2) is 14.7 Å². The lowest BCUT2D eigenvalue weighted by atomic mass is 9.64. The van der Waals surface area contributed by atoms with Crippen LogP contribution in [-0.2, 0) is 10.2 Å². The molecule has 242 valence electrons. The fourth-order valence-electron chi connectivity index (χ4n) is 5.93. The molecule has 0 amide bonds. The molecule has 1 aliphatic rings. The van der Waals surface area contributed by atoms with Gasteiger partial charge in [0.25, 0.3) is 5.56 Å². The lowest BCUT2D eigenvalue weighted by Crippen LogP contribution is -2.42. The highest BCUT2D eigenvalue weighted by molar-refractivity contribution is 5.91. The lowest BCUT2D eigenvalue weighted by Gasteiger charge is -2.41. The third-order valence-electron chi connectivity index (χ3n) is 8.43. The Balaban J connectivity index is 1.46. The summed E-state index contributed by atoms with van der Waals surface area (Å²) in [5.74, 6) is -0.353. The first-order valence-corrected chi connectivity index (χ1v) is 16.0. The Kier molecular flexibility index (Phi) is 9.81. The molecular formula is C40H36N2O6. The molecule has 4 aromatic carbocycles. The van der Waals surface area contributed by atoms with Crippen LogP contribution in [0.3, 0.4) is 0 Å². The van der Waals surface area contributed by atoms with E-state index in [1.165, 1.54) is 17.1 Å². The van der Waals surface area contributed by atoms with E-state index in [4.69, 9.17) is 14.3 Å². The number of hydrogen-bond donors (Lipinski definition) is 1. The van der Waals surface area contributed by atoms with E-state index in [0.29, 0.717) is 29.1 Å². The van der Waals surface area contributed by atoms with Crippen molar-refractivity contribution in [3.63, 3.8) is 0 Å². The van der Waals surface area contributed by atoms with Crippen molar-refractivity contribution in [3.05, 3.63) is 184 Å². The average Bonchev–Trinajstić information content (AvgIpc) is 3.56. The summed E-state index contributed by atoms with van der Waals surface area (Å²) in [5.41, 5.74) is 2.42. The molecule has 0 saturated carbocycles. The minimum Gasteiger partial charge on any atom is -0.423 e. The molecule has 0 radical (unpaired) electrons. The molecule has 0 spiro atoms. The Labute approximate surface area is 278 Å². The van der Waals surface area contributed by atoms with Gasteiger partial charge in [-0.3, -0.25) is 4.79 Å². The molecule has 0 bridgehead atoms. The first-order valence-electron chi connectivity index (χ1n) is 16.0. The molecule has 8 heteroatoms. The van der Waals surface area contributed by atoms with Crippen molar-refractivity contribution in [1.29, 1.82) is 0 Å². The second kappa shape index (κ2) is 14.7. The van der Waals surface area contributed by atoms with Crippen LogP contribution in [0.4, 0.5) is 0 Å². The van der Waals surface area contributed by atoms with E-state index >= 15 is 0 Å². The summed E-state index contributed by atoms with van der Waals surface area (Å²) in [5, 5.41) is 2.65. The minimum atomic E-state index is -0.938. The van der Waals surface area contributed by atoms with E-state index in [0.717, 1.165) is 29.5 Å². The van der Waals surface area contributed by atoms with E-state index < -0.39 is 17.4 Å². The summed E-state index contributed by atoms with van der Waals surface area (Å²) < 4.78 is 11.9. The molecule has 1 aliphatic carbocycles. The summed E-state index contributed by atoms with van der Waals surface area (Å²) in [6, 6.07) is 36.4. The summed E-state index contributed by atoms with van der Waals surface area (Å²) in [4.78, 5) is 45.8. The smallest absolute Gasteiger partial charge is 0.343 e. The second-order valence-electron chi connectivity index (χ2n) is 11.7. The highest BCUT2D eigenvalue weighted by atomic mass is 16.7. The second-order valence-corrected chi connectivity index (χ2v) is 11.7. The van der Waals surface area contributed by atoms with Gasteiger partial charge in [0.05, 0.1) is 22.7 Å². The molecule has 6 rings (SSSR count). The Morgan fingerprint density at radius 3 is 1.96 bits per heavy atom. The van der Waals surface area contributed by atoms with E-state index in [2.05, 4.69) is 30.2 Å². The summed E-state index contributed by atoms with van der Waals surface area (Å²) >= 11 is 0. The van der Waals surface area contributed by atoms with Gasteiger partial charge in [0.2, 0.25) is 0 Å². The molecule has 2 unspecified atom stereocenters. The number of H-pyrrole nitrogens is 1. The van der Waals surface area contributed by atoms with Gasteiger partial charge in [-0.2, -0.15) is 0 Å². The fraction of sp³-hybridized carbons (Fsp3) is 0.175. The predicted molar refractivity (Wildman–Crippen MR) is 183 cm³/mol. The number of carbonyl (C=O) groups excluding carboxylic acids is 2. The van der Waals surface area contributed by atoms with Crippen molar-refractivity contribution in [1.82, 2.24) is 9.94 Å². The number of aromatic nitrogens is 2. The zero-order valence-corrected chi connectivity index (χ0v) is 26.6. The Morgan fingerprint density at radius 2 is 1.38 bits per heavy atom. The van der Waals surface area contributed by atoms with Gasteiger partial charge in [-0.15, -0.1) is 4.85 Å². The van der Waals surface area contributed by atoms with Gasteiger partial charge in [0.1, 0.15) is 18.1 Å². The van der Waals surface area contributed by atoms with Crippen LogP contribution < -0.4 is 15.1 Å². The number of hydrogen-bond acceptors (Lipinski definition) is 6. The van der Waals surface area contributed by atoms with E-state index in [1.807, 2.05) is 48.5 Å². The van der Waals surface area contributed by atoms with Crippen molar-refractivity contribution in [2.24, 2.45) is 0 Å². The zero-order valence-electron chi connectivity index (χ0n) is 26.6. The van der Waals surface area contributed by atoms with Gasteiger partial charge in [0, 0.05) is 12.0 Å². The minimum absolute atomic E-state index is 0.0598. The molecule has 5 aromatic rings. The van der Waals surface area contributed by atoms with Gasteiger partial charge in [0.15, 0.2) is 0 Å². The lowest BCUT2D eigenvalue weighted by molar-refractivity contribution is 0.0466. The molecular weight excluding hydrogens is 604 g/mol. The Morgan fingerprint density at radius 1 is 0.771 bits per heavy atom. The van der Waals surface area contributed by atoms with E-state index in [1.54, 1.807) is 60.7 Å². The monoisotopic (exact) mass is 640 g/mol. The van der Waals surface area contributed by atoms with Crippen molar-refractivity contribution < 1.29 is 23.9 Å². The SMILES string of the molecule is CCCCC1=CC(c2ccccc2)C(COn2ccc(=O)[nH]2)(c2ccc(OC(=O)c3ccccc3)cc2)C=C1OC(=O)c1ccccc1. The maximum absolute atomic E-state index is 13.5. The van der Waals surface area contributed by atoms with Crippen LogP contribution in [-0.4, -0.2) is 28.5 Å². The van der Waals surface area contributed by atoms with Gasteiger partial charge in [-0.05, 0) is 72.0 Å². The maximum Gasteiger partial charge on any atom is 0.343 e.